The molecule has 0 fully saturated rings. The van der Waals surface area contributed by atoms with Crippen LogP contribution in [-0.4, -0.2) is 25.9 Å². The van der Waals surface area contributed by atoms with Crippen molar-refractivity contribution in [3.8, 4) is 0 Å². The molecule has 1 aromatic carbocycles. The number of anilines is 1. The molecule has 2 heterocycles. The Hall–Kier alpha value is -3.09. The van der Waals surface area contributed by atoms with Crippen LogP contribution in [0.15, 0.2) is 47.4 Å². The van der Waals surface area contributed by atoms with E-state index in [1.807, 2.05) is 13.0 Å². The van der Waals surface area contributed by atoms with Crippen molar-refractivity contribution in [2.45, 2.75) is 19.9 Å². The van der Waals surface area contributed by atoms with Crippen LogP contribution >= 0.6 is 0 Å². The number of fused-ring (bicyclic) bond motifs is 1. The molecular formula is C16H15N5O2. The van der Waals surface area contributed by atoms with Crippen LogP contribution in [0.4, 0.5) is 5.82 Å². The molecule has 0 bridgehead atoms. The SMILES string of the molecule is Cc1ccc(NC(=O)CCn2nnc3ccccc3c2=O)nc1. The fourth-order valence-corrected chi connectivity index (χ4v) is 2.12. The Kier molecular flexibility index (Phi) is 4.09. The molecule has 0 radical (unpaired) electrons. The lowest BCUT2D eigenvalue weighted by atomic mass is 10.2. The van der Waals surface area contributed by atoms with Gasteiger partial charge in [-0.3, -0.25) is 9.59 Å². The Morgan fingerprint density at radius 2 is 2.04 bits per heavy atom. The van der Waals surface area contributed by atoms with Crippen molar-refractivity contribution in [3.63, 3.8) is 0 Å². The topological polar surface area (TPSA) is 89.8 Å². The third kappa shape index (κ3) is 3.39. The van der Waals surface area contributed by atoms with Crippen molar-refractivity contribution in [2.75, 3.05) is 5.32 Å². The average Bonchev–Trinajstić information content (AvgIpc) is 2.57. The first-order valence-electron chi connectivity index (χ1n) is 7.18. The number of amides is 1. The minimum absolute atomic E-state index is 0.114. The minimum Gasteiger partial charge on any atom is -0.311 e. The maximum absolute atomic E-state index is 12.3. The van der Waals surface area contributed by atoms with E-state index >= 15 is 0 Å². The first-order chi connectivity index (χ1) is 11.1. The van der Waals surface area contributed by atoms with Gasteiger partial charge in [-0.1, -0.05) is 23.4 Å². The van der Waals surface area contributed by atoms with Gasteiger partial charge >= 0.3 is 0 Å². The Labute approximate surface area is 132 Å². The maximum atomic E-state index is 12.3. The number of aryl methyl sites for hydroxylation is 2. The highest BCUT2D eigenvalue weighted by molar-refractivity contribution is 5.89. The summed E-state index contributed by atoms with van der Waals surface area (Å²) in [6.07, 6.45) is 1.79. The van der Waals surface area contributed by atoms with E-state index in [-0.39, 0.29) is 24.4 Å². The van der Waals surface area contributed by atoms with Crippen LogP contribution in [0, 0.1) is 6.92 Å². The molecule has 2 aromatic heterocycles. The number of pyridine rings is 1. The van der Waals surface area contributed by atoms with E-state index in [0.717, 1.165) is 5.56 Å². The number of nitrogens with zero attached hydrogens (tertiary/aromatic N) is 4. The van der Waals surface area contributed by atoms with E-state index in [1.54, 1.807) is 36.5 Å². The molecule has 0 saturated carbocycles. The van der Waals surface area contributed by atoms with Gasteiger partial charge in [-0.25, -0.2) is 9.67 Å². The predicted molar refractivity (Wildman–Crippen MR) is 86.0 cm³/mol. The zero-order chi connectivity index (χ0) is 16.2. The smallest absolute Gasteiger partial charge is 0.277 e. The zero-order valence-electron chi connectivity index (χ0n) is 12.6. The molecule has 1 amide bonds. The lowest BCUT2D eigenvalue weighted by Gasteiger charge is -2.06. The number of nitrogens with one attached hydrogen (secondary N) is 1. The summed E-state index contributed by atoms with van der Waals surface area (Å²) in [5.74, 6) is 0.251. The van der Waals surface area contributed by atoms with Gasteiger partial charge in [0.1, 0.15) is 11.3 Å². The zero-order valence-corrected chi connectivity index (χ0v) is 12.6. The average molecular weight is 309 g/mol. The number of rotatable bonds is 4. The summed E-state index contributed by atoms with van der Waals surface area (Å²) in [4.78, 5) is 28.3. The van der Waals surface area contributed by atoms with E-state index in [0.29, 0.717) is 16.7 Å². The normalized spacial score (nSPS) is 10.7. The van der Waals surface area contributed by atoms with Crippen LogP contribution in [-0.2, 0) is 11.3 Å². The van der Waals surface area contributed by atoms with Crippen LogP contribution in [0.2, 0.25) is 0 Å². The number of benzene rings is 1. The van der Waals surface area contributed by atoms with E-state index in [4.69, 9.17) is 0 Å². The molecule has 0 aliphatic rings. The first-order valence-corrected chi connectivity index (χ1v) is 7.18. The van der Waals surface area contributed by atoms with Gasteiger partial charge in [-0.05, 0) is 30.7 Å². The van der Waals surface area contributed by atoms with Crippen LogP contribution in [0.3, 0.4) is 0 Å². The fourth-order valence-electron chi connectivity index (χ4n) is 2.12. The molecule has 3 rings (SSSR count). The van der Waals surface area contributed by atoms with Crippen molar-refractivity contribution in [3.05, 3.63) is 58.5 Å². The van der Waals surface area contributed by atoms with Gasteiger partial charge in [0.05, 0.1) is 11.9 Å². The molecule has 0 aliphatic heterocycles. The van der Waals surface area contributed by atoms with E-state index in [2.05, 4.69) is 20.6 Å². The van der Waals surface area contributed by atoms with E-state index in [9.17, 15) is 9.59 Å². The molecular weight excluding hydrogens is 294 g/mol. The monoisotopic (exact) mass is 309 g/mol. The highest BCUT2D eigenvalue weighted by Crippen LogP contribution is 2.05. The quantitative estimate of drug-likeness (QED) is 0.789. The number of carbonyl (C=O) groups is 1. The number of hydrogen-bond donors (Lipinski definition) is 1. The highest BCUT2D eigenvalue weighted by atomic mass is 16.2. The van der Waals surface area contributed by atoms with Gasteiger partial charge in [-0.2, -0.15) is 0 Å². The lowest BCUT2D eigenvalue weighted by molar-refractivity contribution is -0.116. The summed E-state index contributed by atoms with van der Waals surface area (Å²) < 4.78 is 1.20. The van der Waals surface area contributed by atoms with Gasteiger partial charge in [0.25, 0.3) is 5.56 Å². The van der Waals surface area contributed by atoms with Crippen LogP contribution in [0.1, 0.15) is 12.0 Å². The largest absolute Gasteiger partial charge is 0.311 e. The third-order valence-electron chi connectivity index (χ3n) is 3.36. The van der Waals surface area contributed by atoms with Gasteiger partial charge < -0.3 is 5.32 Å². The second kappa shape index (κ2) is 6.35. The van der Waals surface area contributed by atoms with E-state index in [1.165, 1.54) is 4.68 Å². The Morgan fingerprint density at radius 3 is 2.83 bits per heavy atom. The van der Waals surface area contributed by atoms with Crippen molar-refractivity contribution in [1.29, 1.82) is 0 Å². The molecule has 116 valence electrons. The predicted octanol–water partition coefficient (Wildman–Crippen LogP) is 1.52. The second-order valence-corrected chi connectivity index (χ2v) is 5.15. The summed E-state index contributed by atoms with van der Waals surface area (Å²) >= 11 is 0. The summed E-state index contributed by atoms with van der Waals surface area (Å²) in [5.41, 5.74) is 1.31. The van der Waals surface area contributed by atoms with Crippen molar-refractivity contribution in [1.82, 2.24) is 20.0 Å². The van der Waals surface area contributed by atoms with Gasteiger partial charge in [0.15, 0.2) is 0 Å². The number of aromatic nitrogens is 4. The lowest BCUT2D eigenvalue weighted by Crippen LogP contribution is -2.26. The van der Waals surface area contributed by atoms with Crippen molar-refractivity contribution in [2.24, 2.45) is 0 Å². The number of carbonyl (C=O) groups excluding carboxylic acids is 1. The molecule has 7 heteroatoms. The number of hydrogen-bond acceptors (Lipinski definition) is 5. The van der Waals surface area contributed by atoms with Gasteiger partial charge in [-0.15, -0.1) is 5.10 Å². The summed E-state index contributed by atoms with van der Waals surface area (Å²) in [7, 11) is 0. The van der Waals surface area contributed by atoms with E-state index < -0.39 is 0 Å². The minimum atomic E-state index is -0.253. The molecule has 0 spiro atoms. The molecule has 0 aliphatic carbocycles. The summed E-state index contributed by atoms with van der Waals surface area (Å²) in [6.45, 7) is 2.08. The first kappa shape index (κ1) is 14.8. The molecule has 1 N–H and O–H groups in total. The van der Waals surface area contributed by atoms with Crippen LogP contribution in [0.25, 0.3) is 10.9 Å². The van der Waals surface area contributed by atoms with Crippen LogP contribution < -0.4 is 10.9 Å². The standard InChI is InChI=1S/C16H15N5O2/c1-11-6-7-14(17-10-11)18-15(22)8-9-21-16(23)12-4-2-3-5-13(12)19-20-21/h2-7,10H,8-9H2,1H3,(H,17,18,22). The second-order valence-electron chi connectivity index (χ2n) is 5.15. The summed E-state index contributed by atoms with van der Waals surface area (Å²) in [5, 5.41) is 11.0. The molecule has 3 aromatic rings. The Balaban J connectivity index is 1.68. The molecule has 0 atom stereocenters. The van der Waals surface area contributed by atoms with Crippen molar-refractivity contribution < 1.29 is 4.79 Å². The molecule has 7 nitrogen and oxygen atoms in total. The fraction of sp³-hybridized carbons (Fsp3) is 0.188. The van der Waals surface area contributed by atoms with Crippen molar-refractivity contribution >= 4 is 22.6 Å². The third-order valence-corrected chi connectivity index (χ3v) is 3.36. The molecule has 0 unspecified atom stereocenters. The molecule has 0 saturated heterocycles. The summed E-state index contributed by atoms with van der Waals surface area (Å²) in [6, 6.07) is 10.6. The van der Waals surface area contributed by atoms with Gasteiger partial charge in [0.2, 0.25) is 5.91 Å². The Morgan fingerprint density at radius 1 is 1.22 bits per heavy atom. The van der Waals surface area contributed by atoms with Crippen LogP contribution in [0.5, 0.6) is 0 Å². The molecule has 23 heavy (non-hydrogen) atoms. The maximum Gasteiger partial charge on any atom is 0.277 e. The van der Waals surface area contributed by atoms with Gasteiger partial charge in [0, 0.05) is 12.6 Å². The highest BCUT2D eigenvalue weighted by Gasteiger charge is 2.08. The Bertz CT molecular complexity index is 902.